The molecule has 4 nitrogen and oxygen atoms in total. The number of nitrogens with zero attached hydrogens (tertiary/aromatic N) is 2. The van der Waals surface area contributed by atoms with E-state index in [9.17, 15) is 4.79 Å². The molecule has 0 atom stereocenters. The van der Waals surface area contributed by atoms with Gasteiger partial charge in [-0.05, 0) is 20.9 Å². The van der Waals surface area contributed by atoms with Crippen molar-refractivity contribution in [3.05, 3.63) is 16.6 Å². The predicted octanol–water partition coefficient (Wildman–Crippen LogP) is 1.44. The molecule has 78 valence electrons. The van der Waals surface area contributed by atoms with Gasteiger partial charge in [-0.3, -0.25) is 9.69 Å². The smallest absolute Gasteiger partial charge is 0.323 e. The van der Waals surface area contributed by atoms with Crippen LogP contribution in [0.5, 0.6) is 0 Å². The average Bonchev–Trinajstić information content (AvgIpc) is 2.56. The van der Waals surface area contributed by atoms with Crippen LogP contribution in [0.4, 0.5) is 0 Å². The third kappa shape index (κ3) is 2.30. The fourth-order valence-electron chi connectivity index (χ4n) is 0.920. The molecule has 5 heteroatoms. The summed E-state index contributed by atoms with van der Waals surface area (Å²) in [7, 11) is 1.79. The number of aliphatic carboxylic acids is 1. The van der Waals surface area contributed by atoms with Gasteiger partial charge in [-0.25, -0.2) is 4.98 Å². The molecule has 0 aliphatic heterocycles. The summed E-state index contributed by atoms with van der Waals surface area (Å²) in [4.78, 5) is 16.8. The molecule has 0 bridgehead atoms. The normalized spacial score (nSPS) is 12.0. The van der Waals surface area contributed by atoms with Gasteiger partial charge in [0, 0.05) is 11.9 Å². The van der Waals surface area contributed by atoms with E-state index in [1.807, 2.05) is 5.38 Å². The van der Waals surface area contributed by atoms with Gasteiger partial charge in [0.1, 0.15) is 5.54 Å². The summed E-state index contributed by atoms with van der Waals surface area (Å²) in [5.41, 5.74) is 1.80. The molecular formula is C9H14N2O2S. The largest absolute Gasteiger partial charge is 0.480 e. The second-order valence-corrected chi connectivity index (χ2v) is 4.42. The van der Waals surface area contributed by atoms with E-state index < -0.39 is 11.5 Å². The van der Waals surface area contributed by atoms with Gasteiger partial charge in [0.2, 0.25) is 0 Å². The lowest BCUT2D eigenvalue weighted by molar-refractivity contribution is -0.148. The van der Waals surface area contributed by atoms with Gasteiger partial charge in [0.15, 0.2) is 0 Å². The summed E-state index contributed by atoms with van der Waals surface area (Å²) < 4.78 is 0. The molecule has 1 aromatic heterocycles. The number of thiazole rings is 1. The number of rotatable bonds is 4. The molecule has 0 unspecified atom stereocenters. The second-order valence-electron chi connectivity index (χ2n) is 3.70. The average molecular weight is 214 g/mol. The Morgan fingerprint density at radius 2 is 2.36 bits per heavy atom. The number of carbonyl (C=O) groups is 1. The van der Waals surface area contributed by atoms with Crippen LogP contribution >= 0.6 is 11.3 Å². The fraction of sp³-hybridized carbons (Fsp3) is 0.556. The molecule has 14 heavy (non-hydrogen) atoms. The van der Waals surface area contributed by atoms with Gasteiger partial charge in [0.25, 0.3) is 0 Å². The summed E-state index contributed by atoms with van der Waals surface area (Å²) >= 11 is 1.52. The molecule has 0 aromatic carbocycles. The third-order valence-corrected chi connectivity index (χ3v) is 3.00. The number of likely N-dealkylation sites (N-methyl/N-ethyl adjacent to an activating group) is 1. The van der Waals surface area contributed by atoms with E-state index in [4.69, 9.17) is 5.11 Å². The maximum atomic E-state index is 10.9. The topological polar surface area (TPSA) is 53.4 Å². The van der Waals surface area contributed by atoms with Crippen molar-refractivity contribution in [2.45, 2.75) is 25.9 Å². The maximum Gasteiger partial charge on any atom is 0.323 e. The molecule has 0 saturated carbocycles. The summed E-state index contributed by atoms with van der Waals surface area (Å²) in [6.07, 6.45) is 0. The molecule has 1 rings (SSSR count). The lowest BCUT2D eigenvalue weighted by Gasteiger charge is -2.30. The minimum Gasteiger partial charge on any atom is -0.480 e. The zero-order valence-corrected chi connectivity index (χ0v) is 9.34. The lowest BCUT2D eigenvalue weighted by Crippen LogP contribution is -2.47. The Labute approximate surface area is 87.2 Å². The van der Waals surface area contributed by atoms with E-state index in [2.05, 4.69) is 4.98 Å². The van der Waals surface area contributed by atoms with Gasteiger partial charge in [0.05, 0.1) is 11.2 Å². The minimum atomic E-state index is -0.858. The van der Waals surface area contributed by atoms with Crippen LogP contribution in [-0.4, -0.2) is 33.5 Å². The molecule has 1 aromatic rings. The summed E-state index contributed by atoms with van der Waals surface area (Å²) in [5, 5.41) is 10.9. The Bertz CT molecular complexity index is 309. The van der Waals surface area contributed by atoms with Crippen LogP contribution in [0, 0.1) is 0 Å². The van der Waals surface area contributed by atoms with Gasteiger partial charge in [-0.1, -0.05) is 0 Å². The van der Waals surface area contributed by atoms with Gasteiger partial charge in [-0.15, -0.1) is 11.3 Å². The first-order valence-electron chi connectivity index (χ1n) is 4.26. The number of carboxylic acids is 1. The number of carboxylic acid groups (broad SMARTS) is 1. The van der Waals surface area contributed by atoms with Crippen LogP contribution in [0.3, 0.4) is 0 Å². The van der Waals surface area contributed by atoms with Crippen molar-refractivity contribution in [1.29, 1.82) is 0 Å². The molecular weight excluding hydrogens is 200 g/mol. The Morgan fingerprint density at radius 1 is 1.71 bits per heavy atom. The van der Waals surface area contributed by atoms with Crippen LogP contribution in [0.2, 0.25) is 0 Å². The first kappa shape index (κ1) is 11.1. The van der Waals surface area contributed by atoms with Crippen molar-refractivity contribution < 1.29 is 9.90 Å². The molecule has 0 radical (unpaired) electrons. The van der Waals surface area contributed by atoms with Crippen molar-refractivity contribution in [3.8, 4) is 0 Å². The number of hydrogen-bond donors (Lipinski definition) is 1. The van der Waals surface area contributed by atoms with Gasteiger partial charge in [-0.2, -0.15) is 0 Å². The van der Waals surface area contributed by atoms with Gasteiger partial charge >= 0.3 is 5.97 Å². The van der Waals surface area contributed by atoms with Crippen molar-refractivity contribution in [3.63, 3.8) is 0 Å². The number of hydrogen-bond acceptors (Lipinski definition) is 4. The quantitative estimate of drug-likeness (QED) is 0.824. The van der Waals surface area contributed by atoms with Crippen molar-refractivity contribution in [2.75, 3.05) is 7.05 Å². The van der Waals surface area contributed by atoms with E-state index in [0.717, 1.165) is 5.69 Å². The van der Waals surface area contributed by atoms with E-state index in [0.29, 0.717) is 6.54 Å². The molecule has 0 spiro atoms. The zero-order valence-electron chi connectivity index (χ0n) is 8.52. The van der Waals surface area contributed by atoms with Crippen molar-refractivity contribution in [1.82, 2.24) is 9.88 Å². The number of aromatic nitrogens is 1. The fourth-order valence-corrected chi connectivity index (χ4v) is 1.47. The van der Waals surface area contributed by atoms with E-state index in [1.54, 1.807) is 31.3 Å². The first-order valence-corrected chi connectivity index (χ1v) is 5.20. The van der Waals surface area contributed by atoms with Crippen LogP contribution in [0.1, 0.15) is 19.5 Å². The Morgan fingerprint density at radius 3 is 2.79 bits per heavy atom. The SMILES string of the molecule is CN(Cc1cscn1)C(C)(C)C(=O)O. The molecule has 0 amide bonds. The molecule has 0 fully saturated rings. The van der Waals surface area contributed by atoms with E-state index in [1.165, 1.54) is 11.3 Å². The molecule has 1 N–H and O–H groups in total. The predicted molar refractivity (Wildman–Crippen MR) is 55.3 cm³/mol. The van der Waals surface area contributed by atoms with Crippen LogP contribution < -0.4 is 0 Å². The van der Waals surface area contributed by atoms with Gasteiger partial charge < -0.3 is 5.11 Å². The molecule has 0 aliphatic carbocycles. The summed E-state index contributed by atoms with van der Waals surface area (Å²) in [5.74, 6) is -0.824. The van der Waals surface area contributed by atoms with Crippen LogP contribution in [0.15, 0.2) is 10.9 Å². The first-order chi connectivity index (χ1) is 6.44. The minimum absolute atomic E-state index is 0.558. The Hall–Kier alpha value is -0.940. The molecule has 1 heterocycles. The standard InChI is InChI=1S/C9H14N2O2S/c1-9(2,8(12)13)11(3)4-7-5-14-6-10-7/h5-6H,4H2,1-3H3,(H,12,13). The highest BCUT2D eigenvalue weighted by atomic mass is 32.1. The monoisotopic (exact) mass is 214 g/mol. The molecule has 0 saturated heterocycles. The van der Waals surface area contributed by atoms with Crippen LogP contribution in [0.25, 0.3) is 0 Å². The van der Waals surface area contributed by atoms with Crippen molar-refractivity contribution >= 4 is 17.3 Å². The second kappa shape index (κ2) is 4.06. The Balaban J connectivity index is 2.67. The van der Waals surface area contributed by atoms with Crippen LogP contribution in [-0.2, 0) is 11.3 Å². The maximum absolute atomic E-state index is 10.9. The lowest BCUT2D eigenvalue weighted by atomic mass is 10.0. The zero-order chi connectivity index (χ0) is 10.8. The van der Waals surface area contributed by atoms with E-state index >= 15 is 0 Å². The summed E-state index contributed by atoms with van der Waals surface area (Å²) in [6, 6.07) is 0. The summed E-state index contributed by atoms with van der Waals surface area (Å²) in [6.45, 7) is 3.92. The highest BCUT2D eigenvalue weighted by molar-refractivity contribution is 7.07. The molecule has 0 aliphatic rings. The highest BCUT2D eigenvalue weighted by Gasteiger charge is 2.31. The highest BCUT2D eigenvalue weighted by Crippen LogP contribution is 2.15. The Kier molecular flexibility index (Phi) is 3.23. The third-order valence-electron chi connectivity index (χ3n) is 2.36. The van der Waals surface area contributed by atoms with E-state index in [-0.39, 0.29) is 0 Å². The van der Waals surface area contributed by atoms with Crippen molar-refractivity contribution in [2.24, 2.45) is 0 Å².